The summed E-state index contributed by atoms with van der Waals surface area (Å²) in [4.78, 5) is 16.2. The van der Waals surface area contributed by atoms with Crippen LogP contribution in [0.5, 0.6) is 0 Å². The molecular formula is C12H16N2O3. The molecular weight excluding hydrogens is 220 g/mol. The Bertz CT molecular complexity index is 396. The van der Waals surface area contributed by atoms with Crippen LogP contribution >= 0.6 is 0 Å². The second kappa shape index (κ2) is 4.81. The number of hydroxylamine groups is 2. The van der Waals surface area contributed by atoms with E-state index in [4.69, 9.17) is 4.84 Å². The molecule has 0 aromatic heterocycles. The molecule has 0 unspecified atom stereocenters. The van der Waals surface area contributed by atoms with Crippen molar-refractivity contribution in [3.8, 4) is 0 Å². The molecule has 0 aliphatic carbocycles. The highest BCUT2D eigenvalue weighted by molar-refractivity contribution is 5.14. The van der Waals surface area contributed by atoms with E-state index < -0.39 is 6.04 Å². The summed E-state index contributed by atoms with van der Waals surface area (Å²) in [5, 5.41) is 12.6. The predicted octanol–water partition coefficient (Wildman–Crippen LogP) is 1.86. The predicted molar refractivity (Wildman–Crippen MR) is 62.8 cm³/mol. The van der Waals surface area contributed by atoms with Crippen molar-refractivity contribution in [2.45, 2.75) is 38.6 Å². The van der Waals surface area contributed by atoms with E-state index in [1.54, 1.807) is 12.0 Å². The largest absolute Gasteiger partial charge is 0.288 e. The van der Waals surface area contributed by atoms with Gasteiger partial charge in [0.2, 0.25) is 0 Å². The Morgan fingerprint density at radius 3 is 2.53 bits per heavy atom. The molecule has 0 radical (unpaired) electrons. The number of nitrogens with zero attached hydrogens (tertiary/aromatic N) is 2. The van der Waals surface area contributed by atoms with Gasteiger partial charge in [0.25, 0.3) is 6.04 Å². The second-order valence-electron chi connectivity index (χ2n) is 4.39. The summed E-state index contributed by atoms with van der Waals surface area (Å²) < 4.78 is 0. The van der Waals surface area contributed by atoms with Gasteiger partial charge in [0.1, 0.15) is 12.1 Å². The van der Waals surface area contributed by atoms with Crippen LogP contribution in [0.4, 0.5) is 0 Å². The zero-order valence-electron chi connectivity index (χ0n) is 9.95. The van der Waals surface area contributed by atoms with E-state index in [1.165, 1.54) is 0 Å². The van der Waals surface area contributed by atoms with Crippen molar-refractivity contribution in [1.29, 1.82) is 0 Å². The van der Waals surface area contributed by atoms with Gasteiger partial charge in [0, 0.05) is 11.5 Å². The maximum absolute atomic E-state index is 10.9. The molecule has 17 heavy (non-hydrogen) atoms. The van der Waals surface area contributed by atoms with E-state index in [-0.39, 0.29) is 17.1 Å². The van der Waals surface area contributed by atoms with Crippen molar-refractivity contribution in [2.24, 2.45) is 0 Å². The fraction of sp³-hybridized carbons (Fsp3) is 0.500. The Labute approximate surface area is 100 Å². The van der Waals surface area contributed by atoms with Gasteiger partial charge in [-0.2, -0.15) is 5.06 Å². The van der Waals surface area contributed by atoms with Gasteiger partial charge in [-0.05, 0) is 19.4 Å². The summed E-state index contributed by atoms with van der Waals surface area (Å²) in [6, 6.07) is 8.95. The molecule has 3 atom stereocenters. The molecule has 1 saturated heterocycles. The minimum Gasteiger partial charge on any atom is -0.288 e. The van der Waals surface area contributed by atoms with Gasteiger partial charge < -0.3 is 0 Å². The maximum Gasteiger partial charge on any atom is 0.257 e. The lowest BCUT2D eigenvalue weighted by atomic mass is 10.1. The Balaban J connectivity index is 2.07. The zero-order valence-corrected chi connectivity index (χ0v) is 9.95. The van der Waals surface area contributed by atoms with Gasteiger partial charge in [0.05, 0.1) is 0 Å². The molecule has 0 saturated carbocycles. The van der Waals surface area contributed by atoms with Crippen molar-refractivity contribution < 1.29 is 9.76 Å². The third-order valence-corrected chi connectivity index (χ3v) is 3.16. The summed E-state index contributed by atoms with van der Waals surface area (Å²) in [5.74, 6) is 0. The number of benzene rings is 1. The molecule has 0 bridgehead atoms. The molecule has 0 N–H and O–H groups in total. The smallest absolute Gasteiger partial charge is 0.257 e. The van der Waals surface area contributed by atoms with Crippen molar-refractivity contribution in [1.82, 2.24) is 5.06 Å². The van der Waals surface area contributed by atoms with Crippen molar-refractivity contribution in [3.63, 3.8) is 0 Å². The van der Waals surface area contributed by atoms with Crippen LogP contribution < -0.4 is 0 Å². The van der Waals surface area contributed by atoms with E-state index in [2.05, 4.69) is 0 Å². The number of hydrogen-bond acceptors (Lipinski definition) is 4. The lowest BCUT2D eigenvalue weighted by Crippen LogP contribution is -2.38. The van der Waals surface area contributed by atoms with Gasteiger partial charge in [-0.15, -0.1) is 0 Å². The van der Waals surface area contributed by atoms with Crippen molar-refractivity contribution in [3.05, 3.63) is 46.0 Å². The van der Waals surface area contributed by atoms with Crippen LogP contribution in [0, 0.1) is 10.1 Å². The Morgan fingerprint density at radius 1 is 1.35 bits per heavy atom. The molecule has 1 aromatic carbocycles. The van der Waals surface area contributed by atoms with Gasteiger partial charge in [-0.3, -0.25) is 15.0 Å². The first-order chi connectivity index (χ1) is 8.09. The van der Waals surface area contributed by atoms with E-state index in [0.717, 1.165) is 5.56 Å². The SMILES string of the molecule is C[C@@H]1ON(Cc2ccccc2)[C@@H](C)[C@H]1[N+](=O)[O-]. The minimum absolute atomic E-state index is 0.208. The van der Waals surface area contributed by atoms with Crippen LogP contribution in [-0.2, 0) is 11.4 Å². The summed E-state index contributed by atoms with van der Waals surface area (Å²) in [6.07, 6.45) is -0.372. The first-order valence-corrected chi connectivity index (χ1v) is 5.70. The second-order valence-corrected chi connectivity index (χ2v) is 4.39. The first kappa shape index (κ1) is 12.0. The summed E-state index contributed by atoms with van der Waals surface area (Å²) in [6.45, 7) is 4.16. The zero-order chi connectivity index (χ0) is 12.4. The molecule has 0 spiro atoms. The highest BCUT2D eigenvalue weighted by Crippen LogP contribution is 2.25. The fourth-order valence-corrected chi connectivity index (χ4v) is 2.23. The highest BCUT2D eigenvalue weighted by Gasteiger charge is 2.46. The molecule has 5 nitrogen and oxygen atoms in total. The summed E-state index contributed by atoms with van der Waals surface area (Å²) in [7, 11) is 0. The Morgan fingerprint density at radius 2 is 2.00 bits per heavy atom. The number of hydrogen-bond donors (Lipinski definition) is 0. The molecule has 92 valence electrons. The average molecular weight is 236 g/mol. The minimum atomic E-state index is -0.654. The van der Waals surface area contributed by atoms with Gasteiger partial charge >= 0.3 is 0 Å². The number of rotatable bonds is 3. The highest BCUT2D eigenvalue weighted by atomic mass is 16.7. The van der Waals surface area contributed by atoms with Crippen LogP contribution in [0.1, 0.15) is 19.4 Å². The molecule has 1 aliphatic rings. The lowest BCUT2D eigenvalue weighted by Gasteiger charge is -2.18. The van der Waals surface area contributed by atoms with E-state index in [0.29, 0.717) is 6.54 Å². The van der Waals surface area contributed by atoms with Gasteiger partial charge in [-0.25, -0.2) is 0 Å². The monoisotopic (exact) mass is 236 g/mol. The molecule has 2 rings (SSSR count). The average Bonchev–Trinajstić information content (AvgIpc) is 2.55. The third kappa shape index (κ3) is 2.45. The van der Waals surface area contributed by atoms with E-state index in [9.17, 15) is 10.1 Å². The van der Waals surface area contributed by atoms with Crippen LogP contribution in [0.3, 0.4) is 0 Å². The molecule has 0 amide bonds. The summed E-state index contributed by atoms with van der Waals surface area (Å²) >= 11 is 0. The molecule has 5 heteroatoms. The van der Waals surface area contributed by atoms with Crippen molar-refractivity contribution >= 4 is 0 Å². The first-order valence-electron chi connectivity index (χ1n) is 5.70. The maximum atomic E-state index is 10.9. The summed E-state index contributed by atoms with van der Waals surface area (Å²) in [5.41, 5.74) is 1.09. The van der Waals surface area contributed by atoms with Gasteiger partial charge in [0.15, 0.2) is 0 Å². The lowest BCUT2D eigenvalue weighted by molar-refractivity contribution is -0.528. The van der Waals surface area contributed by atoms with Gasteiger partial charge in [-0.1, -0.05) is 30.3 Å². The Kier molecular flexibility index (Phi) is 3.40. The third-order valence-electron chi connectivity index (χ3n) is 3.16. The van der Waals surface area contributed by atoms with E-state index >= 15 is 0 Å². The van der Waals surface area contributed by atoms with Crippen LogP contribution in [0.15, 0.2) is 30.3 Å². The number of nitro groups is 1. The molecule has 1 aliphatic heterocycles. The van der Waals surface area contributed by atoms with E-state index in [1.807, 2.05) is 37.3 Å². The van der Waals surface area contributed by atoms with Crippen LogP contribution in [0.2, 0.25) is 0 Å². The molecule has 1 heterocycles. The van der Waals surface area contributed by atoms with Crippen molar-refractivity contribution in [2.75, 3.05) is 0 Å². The van der Waals surface area contributed by atoms with Crippen LogP contribution in [0.25, 0.3) is 0 Å². The standard InChI is InChI=1S/C12H16N2O3/c1-9-12(14(15)16)10(2)17-13(9)8-11-6-4-3-5-7-11/h3-7,9-10,12H,8H2,1-2H3/t9-,10-,12+/m0/s1. The quantitative estimate of drug-likeness (QED) is 0.593. The molecule has 1 fully saturated rings. The topological polar surface area (TPSA) is 55.6 Å². The van der Waals surface area contributed by atoms with Crippen LogP contribution in [-0.4, -0.2) is 28.2 Å². The molecule has 1 aromatic rings. The Hall–Kier alpha value is -1.46. The normalized spacial score (nSPS) is 29.4. The fourth-order valence-electron chi connectivity index (χ4n) is 2.23.